The normalized spacial score (nSPS) is 19.4. The summed E-state index contributed by atoms with van der Waals surface area (Å²) < 4.78 is 21.7. The maximum atomic E-state index is 13.6. The smallest absolute Gasteiger partial charge is 0.350 e. The van der Waals surface area contributed by atoms with Crippen LogP contribution in [0.2, 0.25) is 0 Å². The van der Waals surface area contributed by atoms with Crippen LogP contribution in [0.1, 0.15) is 51.9 Å². The molecule has 3 aromatic rings. The van der Waals surface area contributed by atoms with E-state index in [1.165, 1.54) is 19.1 Å². The highest BCUT2D eigenvalue weighted by atomic mass is 32.1. The topological polar surface area (TPSA) is 124 Å². The van der Waals surface area contributed by atoms with Gasteiger partial charge in [-0.2, -0.15) is 0 Å². The number of amides is 1. The minimum atomic E-state index is -1.07. The van der Waals surface area contributed by atoms with Crippen molar-refractivity contribution in [1.29, 1.82) is 0 Å². The molecule has 1 amide bonds. The lowest BCUT2D eigenvalue weighted by atomic mass is 9.94. The number of benzene rings is 2. The molecule has 1 saturated heterocycles. The quantitative estimate of drug-likeness (QED) is 0.190. The Balaban J connectivity index is 1.70. The van der Waals surface area contributed by atoms with Gasteiger partial charge in [0, 0.05) is 12.0 Å². The third-order valence-corrected chi connectivity index (χ3v) is 7.93. The molecule has 5 rings (SSSR count). The Bertz CT molecular complexity index is 1560. The van der Waals surface area contributed by atoms with Crippen molar-refractivity contribution in [1.82, 2.24) is 4.98 Å². The number of fused-ring (bicyclic) bond motifs is 1. The van der Waals surface area contributed by atoms with E-state index in [4.69, 9.17) is 18.9 Å². The number of ketones is 1. The van der Waals surface area contributed by atoms with Crippen molar-refractivity contribution in [2.75, 3.05) is 25.7 Å². The van der Waals surface area contributed by atoms with E-state index >= 15 is 0 Å². The number of esters is 1. The fourth-order valence-corrected chi connectivity index (χ4v) is 5.95. The first-order valence-corrected chi connectivity index (χ1v) is 13.5. The van der Waals surface area contributed by atoms with Gasteiger partial charge in [0.1, 0.15) is 22.5 Å². The molecule has 10 nitrogen and oxygen atoms in total. The molecular formula is C29H28N2O8S. The van der Waals surface area contributed by atoms with Crippen LogP contribution in [-0.4, -0.2) is 54.7 Å². The van der Waals surface area contributed by atoms with Crippen LogP contribution in [0, 0.1) is 6.92 Å². The van der Waals surface area contributed by atoms with Gasteiger partial charge in [0.25, 0.3) is 5.78 Å². The number of anilines is 1. The third kappa shape index (κ3) is 4.56. The zero-order valence-corrected chi connectivity index (χ0v) is 23.5. The number of ether oxygens (including phenoxy) is 4. The number of aliphatic hydroxyl groups is 1. The lowest BCUT2D eigenvalue weighted by molar-refractivity contribution is -0.132. The Morgan fingerprint density at radius 3 is 2.60 bits per heavy atom. The fraction of sp³-hybridized carbons (Fsp3) is 0.310. The van der Waals surface area contributed by atoms with Crippen molar-refractivity contribution in [2.24, 2.45) is 0 Å². The molecule has 2 aromatic carbocycles. The highest BCUT2D eigenvalue weighted by molar-refractivity contribution is 7.17. The number of aliphatic hydroxyl groups excluding tert-OH is 1. The molecule has 0 radical (unpaired) electrons. The molecule has 0 aliphatic carbocycles. The first-order chi connectivity index (χ1) is 19.2. The molecule has 2 aliphatic rings. The van der Waals surface area contributed by atoms with Gasteiger partial charge in [0.05, 0.1) is 38.1 Å². The van der Waals surface area contributed by atoms with Gasteiger partial charge in [-0.25, -0.2) is 9.78 Å². The summed E-state index contributed by atoms with van der Waals surface area (Å²) in [5.74, 6) is -1.14. The highest BCUT2D eigenvalue weighted by Gasteiger charge is 2.48. The summed E-state index contributed by atoms with van der Waals surface area (Å²) in [6, 6.07) is 9.06. The molecule has 0 saturated carbocycles. The van der Waals surface area contributed by atoms with E-state index in [0.29, 0.717) is 40.5 Å². The second kappa shape index (κ2) is 10.6. The minimum absolute atomic E-state index is 0.00789. The largest absolute Gasteiger partial charge is 0.507 e. The van der Waals surface area contributed by atoms with Crippen LogP contribution < -0.4 is 19.1 Å². The predicted octanol–water partition coefficient (Wildman–Crippen LogP) is 4.60. The molecule has 208 valence electrons. The van der Waals surface area contributed by atoms with Crippen molar-refractivity contribution in [3.8, 4) is 17.2 Å². The molecular weight excluding hydrogens is 536 g/mol. The summed E-state index contributed by atoms with van der Waals surface area (Å²) in [6.45, 7) is 5.44. The molecule has 11 heteroatoms. The zero-order chi connectivity index (χ0) is 28.7. The number of aryl methyl sites for hydroxylation is 1. The van der Waals surface area contributed by atoms with E-state index in [0.717, 1.165) is 16.9 Å². The monoisotopic (exact) mass is 564 g/mol. The lowest BCUT2D eigenvalue weighted by Crippen LogP contribution is -2.29. The molecule has 2 unspecified atom stereocenters. The maximum absolute atomic E-state index is 13.6. The molecule has 1 N–H and O–H groups in total. The molecule has 1 aromatic heterocycles. The van der Waals surface area contributed by atoms with E-state index < -0.39 is 23.7 Å². The number of hydrogen-bond donors (Lipinski definition) is 1. The SMILES string of the molecule is CCOC(=O)c1sc(N2C(=O)C(=O)C(=C(O)c3ccc4c(c3)CC(C)O4)C2c2ccc(OC)c(OC)c2)nc1C. The van der Waals surface area contributed by atoms with Gasteiger partial charge in [0.2, 0.25) is 0 Å². The summed E-state index contributed by atoms with van der Waals surface area (Å²) in [4.78, 5) is 45.5. The summed E-state index contributed by atoms with van der Waals surface area (Å²) >= 11 is 0.943. The Hall–Kier alpha value is -4.38. The van der Waals surface area contributed by atoms with E-state index in [1.54, 1.807) is 50.2 Å². The number of methoxy groups -OCH3 is 2. The zero-order valence-electron chi connectivity index (χ0n) is 22.6. The first kappa shape index (κ1) is 27.2. The van der Waals surface area contributed by atoms with Crippen molar-refractivity contribution < 1.29 is 38.4 Å². The first-order valence-electron chi connectivity index (χ1n) is 12.7. The van der Waals surface area contributed by atoms with Crippen LogP contribution >= 0.6 is 11.3 Å². The van der Waals surface area contributed by atoms with Gasteiger partial charge < -0.3 is 24.1 Å². The second-order valence-electron chi connectivity index (χ2n) is 9.37. The summed E-state index contributed by atoms with van der Waals surface area (Å²) in [5.41, 5.74) is 1.99. The van der Waals surface area contributed by atoms with Gasteiger partial charge in [-0.1, -0.05) is 17.4 Å². The van der Waals surface area contributed by atoms with Crippen molar-refractivity contribution in [3.05, 3.63) is 69.2 Å². The van der Waals surface area contributed by atoms with E-state index in [1.807, 2.05) is 6.92 Å². The number of hydrogen-bond acceptors (Lipinski definition) is 10. The molecule has 1 fully saturated rings. The maximum Gasteiger partial charge on any atom is 0.350 e. The number of nitrogens with zero attached hydrogens (tertiary/aromatic N) is 2. The number of carbonyl (C=O) groups is 3. The number of thiazole rings is 1. The van der Waals surface area contributed by atoms with E-state index in [-0.39, 0.29) is 34.1 Å². The molecule has 0 spiro atoms. The van der Waals surface area contributed by atoms with Crippen LogP contribution in [0.5, 0.6) is 17.2 Å². The van der Waals surface area contributed by atoms with Crippen LogP contribution in [0.25, 0.3) is 5.76 Å². The average Bonchev–Trinajstić information content (AvgIpc) is 3.59. The number of rotatable bonds is 7. The summed E-state index contributed by atoms with van der Waals surface area (Å²) in [6.07, 6.45) is 0.644. The highest BCUT2D eigenvalue weighted by Crippen LogP contribution is 2.46. The molecule has 40 heavy (non-hydrogen) atoms. The molecule has 3 heterocycles. The third-order valence-electron chi connectivity index (χ3n) is 6.79. The van der Waals surface area contributed by atoms with Crippen LogP contribution in [0.3, 0.4) is 0 Å². The Labute approximate surface area is 234 Å². The van der Waals surface area contributed by atoms with Crippen molar-refractivity contribution in [3.63, 3.8) is 0 Å². The predicted molar refractivity (Wildman–Crippen MR) is 147 cm³/mol. The van der Waals surface area contributed by atoms with Gasteiger partial charge in [-0.15, -0.1) is 0 Å². The minimum Gasteiger partial charge on any atom is -0.507 e. The number of aromatic nitrogens is 1. The van der Waals surface area contributed by atoms with Crippen LogP contribution in [0.15, 0.2) is 42.0 Å². The standard InChI is InChI=1S/C29H28N2O8S/c1-6-38-28(35)26-15(3)30-29(40-26)31-23(16-7-10-20(36-4)21(13-16)37-5)22(25(33)27(31)34)24(32)17-8-9-19-18(12-17)11-14(2)39-19/h7-10,12-14,23,32H,6,11H2,1-5H3. The molecule has 0 bridgehead atoms. The van der Waals surface area contributed by atoms with Crippen molar-refractivity contribution >= 4 is 39.9 Å². The molecule has 2 atom stereocenters. The second-order valence-corrected chi connectivity index (χ2v) is 10.3. The van der Waals surface area contributed by atoms with Crippen LogP contribution in [0.4, 0.5) is 5.13 Å². The van der Waals surface area contributed by atoms with Crippen molar-refractivity contribution in [2.45, 2.75) is 39.3 Å². The number of carbonyl (C=O) groups excluding carboxylic acids is 3. The Morgan fingerprint density at radius 2 is 1.90 bits per heavy atom. The molecule has 2 aliphatic heterocycles. The Morgan fingerprint density at radius 1 is 1.15 bits per heavy atom. The summed E-state index contributed by atoms with van der Waals surface area (Å²) in [7, 11) is 2.97. The van der Waals surface area contributed by atoms with Gasteiger partial charge in [0.15, 0.2) is 16.6 Å². The fourth-order valence-electron chi connectivity index (χ4n) is 4.96. The average molecular weight is 565 g/mol. The van der Waals surface area contributed by atoms with E-state index in [9.17, 15) is 19.5 Å². The van der Waals surface area contributed by atoms with Gasteiger partial charge in [-0.05, 0) is 62.2 Å². The van der Waals surface area contributed by atoms with Crippen LogP contribution in [-0.2, 0) is 20.7 Å². The van der Waals surface area contributed by atoms with Gasteiger partial charge in [-0.3, -0.25) is 14.5 Å². The lowest BCUT2D eigenvalue weighted by Gasteiger charge is -2.24. The van der Waals surface area contributed by atoms with E-state index in [2.05, 4.69) is 4.98 Å². The van der Waals surface area contributed by atoms with Gasteiger partial charge >= 0.3 is 11.9 Å². The summed E-state index contributed by atoms with van der Waals surface area (Å²) in [5, 5.41) is 11.7. The Kier molecular flexibility index (Phi) is 7.24. The number of Topliss-reactive ketones (excluding diaryl/α,β-unsaturated/α-hetero) is 1.